The highest BCUT2D eigenvalue weighted by Gasteiger charge is 2.16. The Balaban J connectivity index is 1.52. The van der Waals surface area contributed by atoms with Crippen molar-refractivity contribution in [2.45, 2.75) is 9.79 Å². The van der Waals surface area contributed by atoms with E-state index in [0.717, 1.165) is 37.6 Å². The van der Waals surface area contributed by atoms with Gasteiger partial charge in [0, 0.05) is 25.8 Å². The molecule has 1 aromatic heterocycles. The topological polar surface area (TPSA) is 42.0 Å². The molecule has 0 aliphatic rings. The molecule has 0 saturated carbocycles. The summed E-state index contributed by atoms with van der Waals surface area (Å²) >= 11 is 7.67. The van der Waals surface area contributed by atoms with E-state index < -0.39 is 0 Å². The number of aromatic nitrogens is 1. The predicted molar refractivity (Wildman–Crippen MR) is 137 cm³/mol. The van der Waals surface area contributed by atoms with Gasteiger partial charge < -0.3 is 5.32 Å². The minimum Gasteiger partial charge on any atom is -0.321 e. The van der Waals surface area contributed by atoms with Crippen molar-refractivity contribution < 1.29 is 4.79 Å². The Labute approximate surface area is 201 Å². The van der Waals surface area contributed by atoms with Crippen LogP contribution in [-0.2, 0) is 0 Å². The van der Waals surface area contributed by atoms with E-state index in [9.17, 15) is 4.79 Å². The van der Waals surface area contributed by atoms with E-state index in [1.165, 1.54) is 0 Å². The summed E-state index contributed by atoms with van der Waals surface area (Å²) in [6.45, 7) is 0. The van der Waals surface area contributed by atoms with Crippen LogP contribution in [-0.4, -0.2) is 10.9 Å². The lowest BCUT2D eigenvalue weighted by Crippen LogP contribution is -2.13. The van der Waals surface area contributed by atoms with Gasteiger partial charge in [0.2, 0.25) is 0 Å². The molecule has 4 aromatic carbocycles. The summed E-state index contributed by atoms with van der Waals surface area (Å²) in [6, 6.07) is 34.9. The smallest absolute Gasteiger partial charge is 0.256 e. The molecule has 5 heteroatoms. The Kier molecular flexibility index (Phi) is 6.11. The van der Waals surface area contributed by atoms with Gasteiger partial charge in [-0.25, -0.2) is 4.98 Å². The normalized spacial score (nSPS) is 10.8. The van der Waals surface area contributed by atoms with Gasteiger partial charge in [-0.15, -0.1) is 0 Å². The monoisotopic (exact) mass is 466 g/mol. The number of fused-ring (bicyclic) bond motifs is 1. The fourth-order valence-corrected chi connectivity index (χ4v) is 4.64. The van der Waals surface area contributed by atoms with Gasteiger partial charge in [-0.2, -0.15) is 0 Å². The van der Waals surface area contributed by atoms with Crippen molar-refractivity contribution in [1.82, 2.24) is 4.98 Å². The van der Waals surface area contributed by atoms with Crippen LogP contribution < -0.4 is 5.32 Å². The lowest BCUT2D eigenvalue weighted by atomic mass is 10.0. The van der Waals surface area contributed by atoms with Gasteiger partial charge in [0.1, 0.15) is 0 Å². The van der Waals surface area contributed by atoms with Crippen molar-refractivity contribution in [3.05, 3.63) is 120 Å². The lowest BCUT2D eigenvalue weighted by Gasteiger charge is -2.13. The van der Waals surface area contributed by atoms with Crippen LogP contribution in [0.2, 0.25) is 5.02 Å². The summed E-state index contributed by atoms with van der Waals surface area (Å²) in [5, 5.41) is 4.58. The Morgan fingerprint density at radius 1 is 0.788 bits per heavy atom. The fraction of sp³-hybridized carbons (Fsp3) is 0. The average molecular weight is 467 g/mol. The van der Waals surface area contributed by atoms with Gasteiger partial charge in [0.15, 0.2) is 0 Å². The molecule has 0 unspecified atom stereocenters. The maximum absolute atomic E-state index is 13.5. The molecule has 0 saturated heterocycles. The van der Waals surface area contributed by atoms with Crippen molar-refractivity contribution in [1.29, 1.82) is 0 Å². The minimum absolute atomic E-state index is 0.176. The molecular formula is C28H19ClN2OS. The van der Waals surface area contributed by atoms with Crippen LogP contribution in [0.4, 0.5) is 5.69 Å². The van der Waals surface area contributed by atoms with E-state index in [4.69, 9.17) is 16.6 Å². The van der Waals surface area contributed by atoms with Gasteiger partial charge in [-0.3, -0.25) is 4.79 Å². The second-order valence-electron chi connectivity index (χ2n) is 7.44. The van der Waals surface area contributed by atoms with Crippen LogP contribution in [0.15, 0.2) is 119 Å². The first-order chi connectivity index (χ1) is 16.2. The first kappa shape index (κ1) is 21.3. The molecule has 5 rings (SSSR count). The maximum Gasteiger partial charge on any atom is 0.256 e. The van der Waals surface area contributed by atoms with Crippen LogP contribution in [0.25, 0.3) is 22.2 Å². The molecule has 0 radical (unpaired) electrons. The van der Waals surface area contributed by atoms with Gasteiger partial charge >= 0.3 is 0 Å². The molecule has 160 valence electrons. The third kappa shape index (κ3) is 4.77. The number of amides is 1. The SMILES string of the molecule is O=C(Nc1ccccc1Sc1ccccc1)c1cc(-c2ccc(Cl)cc2)nc2ccccc12. The van der Waals surface area contributed by atoms with Crippen molar-refractivity contribution in [3.63, 3.8) is 0 Å². The highest BCUT2D eigenvalue weighted by atomic mass is 35.5. The van der Waals surface area contributed by atoms with Crippen molar-refractivity contribution >= 4 is 45.9 Å². The van der Waals surface area contributed by atoms with E-state index >= 15 is 0 Å². The van der Waals surface area contributed by atoms with E-state index in [2.05, 4.69) is 17.4 Å². The number of rotatable bonds is 5. The number of carbonyl (C=O) groups is 1. The van der Waals surface area contributed by atoms with Gasteiger partial charge in [0.05, 0.1) is 22.5 Å². The van der Waals surface area contributed by atoms with Crippen molar-refractivity contribution in [2.24, 2.45) is 0 Å². The zero-order chi connectivity index (χ0) is 22.6. The standard InChI is InChI=1S/C28H19ClN2OS/c29-20-16-14-19(15-17-20)26-18-23(22-10-4-5-11-24(22)30-26)28(32)31-25-12-6-7-13-27(25)33-21-8-2-1-3-9-21/h1-18H,(H,31,32). The Morgan fingerprint density at radius 2 is 1.48 bits per heavy atom. The number of pyridine rings is 1. The zero-order valence-corrected chi connectivity index (χ0v) is 19.1. The second-order valence-corrected chi connectivity index (χ2v) is 9.00. The third-order valence-electron chi connectivity index (χ3n) is 5.21. The highest BCUT2D eigenvalue weighted by Crippen LogP contribution is 2.34. The van der Waals surface area contributed by atoms with E-state index in [0.29, 0.717) is 10.6 Å². The molecule has 0 bridgehead atoms. The number of hydrogen-bond acceptors (Lipinski definition) is 3. The van der Waals surface area contributed by atoms with Crippen LogP contribution >= 0.6 is 23.4 Å². The number of nitrogens with zero attached hydrogens (tertiary/aromatic N) is 1. The third-order valence-corrected chi connectivity index (χ3v) is 6.54. The van der Waals surface area contributed by atoms with Crippen LogP contribution in [0, 0.1) is 0 Å². The molecule has 0 spiro atoms. The molecular weight excluding hydrogens is 448 g/mol. The number of nitrogens with one attached hydrogen (secondary N) is 1. The van der Waals surface area contributed by atoms with Crippen LogP contribution in [0.3, 0.4) is 0 Å². The fourth-order valence-electron chi connectivity index (χ4n) is 3.60. The first-order valence-corrected chi connectivity index (χ1v) is 11.7. The van der Waals surface area contributed by atoms with Crippen molar-refractivity contribution in [2.75, 3.05) is 5.32 Å². The van der Waals surface area contributed by atoms with E-state index in [1.807, 2.05) is 97.1 Å². The predicted octanol–water partition coefficient (Wildman–Crippen LogP) is 7.96. The van der Waals surface area contributed by atoms with Gasteiger partial charge in [-0.05, 0) is 48.5 Å². The Morgan fingerprint density at radius 3 is 2.30 bits per heavy atom. The van der Waals surface area contributed by atoms with Crippen molar-refractivity contribution in [3.8, 4) is 11.3 Å². The minimum atomic E-state index is -0.176. The number of hydrogen-bond donors (Lipinski definition) is 1. The summed E-state index contributed by atoms with van der Waals surface area (Å²) in [5.74, 6) is -0.176. The first-order valence-electron chi connectivity index (χ1n) is 10.5. The summed E-state index contributed by atoms with van der Waals surface area (Å²) in [5.41, 5.74) is 3.74. The number of halogens is 1. The molecule has 1 amide bonds. The molecule has 0 aliphatic heterocycles. The molecule has 0 fully saturated rings. The van der Waals surface area contributed by atoms with E-state index in [1.54, 1.807) is 11.8 Å². The summed E-state index contributed by atoms with van der Waals surface area (Å²) in [6.07, 6.45) is 0. The molecule has 1 N–H and O–H groups in total. The number of anilines is 1. The van der Waals surface area contributed by atoms with Gasteiger partial charge in [0.25, 0.3) is 5.91 Å². The summed E-state index contributed by atoms with van der Waals surface area (Å²) in [7, 11) is 0. The largest absolute Gasteiger partial charge is 0.321 e. The summed E-state index contributed by atoms with van der Waals surface area (Å²) < 4.78 is 0. The maximum atomic E-state index is 13.5. The summed E-state index contributed by atoms with van der Waals surface area (Å²) in [4.78, 5) is 20.4. The number of para-hydroxylation sites is 2. The molecule has 5 aromatic rings. The van der Waals surface area contributed by atoms with Crippen LogP contribution in [0.1, 0.15) is 10.4 Å². The van der Waals surface area contributed by atoms with Gasteiger partial charge in [-0.1, -0.05) is 84.0 Å². The molecule has 0 atom stereocenters. The molecule has 33 heavy (non-hydrogen) atoms. The second kappa shape index (κ2) is 9.49. The number of benzene rings is 4. The molecule has 3 nitrogen and oxygen atoms in total. The zero-order valence-electron chi connectivity index (χ0n) is 17.5. The number of carbonyl (C=O) groups excluding carboxylic acids is 1. The van der Waals surface area contributed by atoms with E-state index in [-0.39, 0.29) is 5.91 Å². The lowest BCUT2D eigenvalue weighted by molar-refractivity contribution is 0.102. The van der Waals surface area contributed by atoms with Crippen LogP contribution in [0.5, 0.6) is 0 Å². The molecule has 0 aliphatic carbocycles. The Hall–Kier alpha value is -3.60. The quantitative estimate of drug-likeness (QED) is 0.285. The molecule has 1 heterocycles. The average Bonchev–Trinajstić information content (AvgIpc) is 2.85. The Bertz CT molecular complexity index is 1440. The highest BCUT2D eigenvalue weighted by molar-refractivity contribution is 7.99.